The Morgan fingerprint density at radius 2 is 1.88 bits per heavy atom. The number of benzene rings is 2. The third kappa shape index (κ3) is 3.04. The van der Waals surface area contributed by atoms with Crippen LogP contribution in [-0.4, -0.2) is 25.0 Å². The fourth-order valence-corrected chi connectivity index (χ4v) is 2.63. The lowest BCUT2D eigenvalue weighted by Gasteiger charge is -2.11. The molecule has 1 amide bonds. The van der Waals surface area contributed by atoms with Crippen LogP contribution in [0.4, 0.5) is 11.4 Å². The molecule has 2 aromatic heterocycles. The van der Waals surface area contributed by atoms with E-state index in [4.69, 9.17) is 8.83 Å². The molecule has 0 fully saturated rings. The van der Waals surface area contributed by atoms with E-state index in [1.165, 1.54) is 6.26 Å². The predicted octanol–water partition coefficient (Wildman–Crippen LogP) is 4.41. The van der Waals surface area contributed by atoms with Crippen molar-refractivity contribution in [2.45, 2.75) is 0 Å². The second kappa shape index (κ2) is 6.40. The van der Waals surface area contributed by atoms with Crippen molar-refractivity contribution in [1.29, 1.82) is 0 Å². The molecule has 0 saturated carbocycles. The number of furan rings is 1. The maximum absolute atomic E-state index is 12.1. The van der Waals surface area contributed by atoms with Gasteiger partial charge in [-0.1, -0.05) is 0 Å². The van der Waals surface area contributed by atoms with Gasteiger partial charge in [0.25, 0.3) is 5.91 Å². The number of carbonyl (C=O) groups is 1. The van der Waals surface area contributed by atoms with Gasteiger partial charge in [-0.3, -0.25) is 4.79 Å². The van der Waals surface area contributed by atoms with Gasteiger partial charge in [-0.25, -0.2) is 4.98 Å². The van der Waals surface area contributed by atoms with Crippen molar-refractivity contribution in [2.24, 2.45) is 0 Å². The van der Waals surface area contributed by atoms with Gasteiger partial charge in [-0.2, -0.15) is 0 Å². The van der Waals surface area contributed by atoms with Crippen molar-refractivity contribution < 1.29 is 13.6 Å². The SMILES string of the molecule is CN(C)c1ccc(-c2nc3cc(NC(=O)c4ccco4)ccc3o2)cc1. The van der Waals surface area contributed by atoms with Gasteiger partial charge in [-0.15, -0.1) is 0 Å². The van der Waals surface area contributed by atoms with Crippen LogP contribution in [0.5, 0.6) is 0 Å². The van der Waals surface area contributed by atoms with E-state index in [0.29, 0.717) is 22.7 Å². The van der Waals surface area contributed by atoms with Crippen LogP contribution in [0.25, 0.3) is 22.6 Å². The highest BCUT2D eigenvalue weighted by Gasteiger charge is 2.12. The largest absolute Gasteiger partial charge is 0.459 e. The van der Waals surface area contributed by atoms with Gasteiger partial charge >= 0.3 is 0 Å². The average Bonchev–Trinajstić information content (AvgIpc) is 3.31. The maximum Gasteiger partial charge on any atom is 0.291 e. The minimum absolute atomic E-state index is 0.256. The molecule has 2 heterocycles. The Morgan fingerprint density at radius 3 is 2.58 bits per heavy atom. The number of hydrogen-bond acceptors (Lipinski definition) is 5. The van der Waals surface area contributed by atoms with Crippen molar-refractivity contribution in [3.05, 3.63) is 66.6 Å². The minimum atomic E-state index is -0.308. The van der Waals surface area contributed by atoms with Crippen molar-refractivity contribution in [3.8, 4) is 11.5 Å². The van der Waals surface area contributed by atoms with Crippen LogP contribution in [0, 0.1) is 0 Å². The highest BCUT2D eigenvalue weighted by Crippen LogP contribution is 2.27. The quantitative estimate of drug-likeness (QED) is 0.592. The molecule has 1 N–H and O–H groups in total. The zero-order chi connectivity index (χ0) is 18.1. The molecule has 0 aliphatic heterocycles. The minimum Gasteiger partial charge on any atom is -0.459 e. The Balaban J connectivity index is 1.60. The summed E-state index contributed by atoms with van der Waals surface area (Å²) in [6, 6.07) is 16.6. The number of anilines is 2. The van der Waals surface area contributed by atoms with Crippen molar-refractivity contribution in [3.63, 3.8) is 0 Å². The van der Waals surface area contributed by atoms with Crippen LogP contribution in [-0.2, 0) is 0 Å². The molecule has 0 spiro atoms. The first-order valence-electron chi connectivity index (χ1n) is 8.13. The lowest BCUT2D eigenvalue weighted by molar-refractivity contribution is 0.0996. The summed E-state index contributed by atoms with van der Waals surface area (Å²) in [5.41, 5.74) is 3.96. The molecule has 0 atom stereocenters. The molecule has 4 rings (SSSR count). The molecule has 0 radical (unpaired) electrons. The van der Waals surface area contributed by atoms with Crippen LogP contribution in [0.2, 0.25) is 0 Å². The van der Waals surface area contributed by atoms with E-state index < -0.39 is 0 Å². The Morgan fingerprint density at radius 1 is 1.08 bits per heavy atom. The summed E-state index contributed by atoms with van der Waals surface area (Å²) in [5, 5.41) is 2.79. The van der Waals surface area contributed by atoms with E-state index in [2.05, 4.69) is 10.3 Å². The molecular formula is C20H17N3O3. The lowest BCUT2D eigenvalue weighted by Crippen LogP contribution is -2.10. The molecule has 0 aliphatic carbocycles. The molecule has 2 aromatic carbocycles. The highest BCUT2D eigenvalue weighted by atomic mass is 16.3. The highest BCUT2D eigenvalue weighted by molar-refractivity contribution is 6.03. The zero-order valence-corrected chi connectivity index (χ0v) is 14.4. The van der Waals surface area contributed by atoms with Crippen LogP contribution in [0.1, 0.15) is 10.6 Å². The van der Waals surface area contributed by atoms with E-state index in [-0.39, 0.29) is 11.7 Å². The Kier molecular flexibility index (Phi) is 3.93. The number of fused-ring (bicyclic) bond motifs is 1. The third-order valence-corrected chi connectivity index (χ3v) is 4.02. The fourth-order valence-electron chi connectivity index (χ4n) is 2.63. The summed E-state index contributed by atoms with van der Waals surface area (Å²) in [6.07, 6.45) is 1.46. The number of aromatic nitrogens is 1. The van der Waals surface area contributed by atoms with E-state index in [1.807, 2.05) is 43.3 Å². The lowest BCUT2D eigenvalue weighted by atomic mass is 10.2. The van der Waals surface area contributed by atoms with Gasteiger partial charge in [0.1, 0.15) is 5.52 Å². The monoisotopic (exact) mass is 347 g/mol. The molecule has 130 valence electrons. The van der Waals surface area contributed by atoms with Gasteiger partial charge in [0, 0.05) is 31.0 Å². The van der Waals surface area contributed by atoms with Gasteiger partial charge in [0.05, 0.1) is 6.26 Å². The second-order valence-corrected chi connectivity index (χ2v) is 6.07. The van der Waals surface area contributed by atoms with Crippen molar-refractivity contribution in [1.82, 2.24) is 4.98 Å². The fraction of sp³-hybridized carbons (Fsp3) is 0.100. The molecule has 0 aliphatic rings. The summed E-state index contributed by atoms with van der Waals surface area (Å²) < 4.78 is 10.9. The first-order valence-corrected chi connectivity index (χ1v) is 8.13. The van der Waals surface area contributed by atoms with Gasteiger partial charge in [-0.05, 0) is 54.6 Å². The van der Waals surface area contributed by atoms with Crippen LogP contribution < -0.4 is 10.2 Å². The Bertz CT molecular complexity index is 1050. The van der Waals surface area contributed by atoms with Crippen molar-refractivity contribution in [2.75, 3.05) is 24.3 Å². The maximum atomic E-state index is 12.1. The Labute approximate surface area is 150 Å². The van der Waals surface area contributed by atoms with E-state index in [9.17, 15) is 4.79 Å². The number of amides is 1. The van der Waals surface area contributed by atoms with Crippen LogP contribution in [0.15, 0.2) is 69.7 Å². The number of rotatable bonds is 4. The second-order valence-electron chi connectivity index (χ2n) is 6.07. The topological polar surface area (TPSA) is 71.5 Å². The zero-order valence-electron chi connectivity index (χ0n) is 14.4. The Hall–Kier alpha value is -3.54. The third-order valence-electron chi connectivity index (χ3n) is 4.02. The first-order chi connectivity index (χ1) is 12.6. The molecule has 4 aromatic rings. The normalized spacial score (nSPS) is 10.8. The summed E-state index contributed by atoms with van der Waals surface area (Å²) in [6.45, 7) is 0. The number of hydrogen-bond donors (Lipinski definition) is 1. The summed E-state index contributed by atoms with van der Waals surface area (Å²) in [4.78, 5) is 18.6. The first kappa shape index (κ1) is 16.0. The molecule has 0 bridgehead atoms. The molecular weight excluding hydrogens is 330 g/mol. The number of carbonyl (C=O) groups excluding carboxylic acids is 1. The van der Waals surface area contributed by atoms with Crippen LogP contribution >= 0.6 is 0 Å². The van der Waals surface area contributed by atoms with Gasteiger partial charge < -0.3 is 19.1 Å². The molecule has 26 heavy (non-hydrogen) atoms. The van der Waals surface area contributed by atoms with Gasteiger partial charge in [0.2, 0.25) is 5.89 Å². The van der Waals surface area contributed by atoms with Crippen molar-refractivity contribution >= 4 is 28.4 Å². The number of nitrogens with zero attached hydrogens (tertiary/aromatic N) is 2. The van der Waals surface area contributed by atoms with Crippen LogP contribution in [0.3, 0.4) is 0 Å². The van der Waals surface area contributed by atoms with E-state index in [1.54, 1.807) is 30.3 Å². The standard InChI is InChI=1S/C20H17N3O3/c1-23(2)15-8-5-13(6-9-15)20-22-16-12-14(7-10-17(16)26-20)21-19(24)18-4-3-11-25-18/h3-12H,1-2H3,(H,21,24). The molecule has 6 heteroatoms. The van der Waals surface area contributed by atoms with Gasteiger partial charge in [0.15, 0.2) is 11.3 Å². The predicted molar refractivity (Wildman–Crippen MR) is 100 cm³/mol. The number of oxazole rings is 1. The average molecular weight is 347 g/mol. The summed E-state index contributed by atoms with van der Waals surface area (Å²) in [7, 11) is 3.99. The smallest absolute Gasteiger partial charge is 0.291 e. The molecule has 6 nitrogen and oxygen atoms in total. The van der Waals surface area contributed by atoms with E-state index in [0.717, 1.165) is 11.3 Å². The summed E-state index contributed by atoms with van der Waals surface area (Å²) >= 11 is 0. The number of nitrogens with one attached hydrogen (secondary N) is 1. The molecule has 0 unspecified atom stereocenters. The summed E-state index contributed by atoms with van der Waals surface area (Å²) in [5.74, 6) is 0.490. The van der Waals surface area contributed by atoms with E-state index >= 15 is 0 Å². The molecule has 0 saturated heterocycles.